The summed E-state index contributed by atoms with van der Waals surface area (Å²) in [4.78, 5) is 24.4. The van der Waals surface area contributed by atoms with E-state index < -0.39 is 5.97 Å². The minimum atomic E-state index is -0.829. The van der Waals surface area contributed by atoms with Crippen LogP contribution in [-0.4, -0.2) is 53.6 Å². The van der Waals surface area contributed by atoms with Crippen molar-refractivity contribution in [1.29, 1.82) is 0 Å². The van der Waals surface area contributed by atoms with Crippen LogP contribution in [0.4, 0.5) is 0 Å². The molecule has 0 saturated carbocycles. The Bertz CT molecular complexity index is 493. The van der Waals surface area contributed by atoms with Crippen LogP contribution in [-0.2, 0) is 25.8 Å². The standard InChI is InChI=1S/C13H16O2.C4H6O2.C2H3.CH5NO.BrH.ClH.Mg/c1-2-6-13(14)9-10-15-11-12-7-4-3-5-8-12;1-2-3-4(5)6;1-2;1-3-2;;;/h2-5,7-8H,1,6,9-11H2;2H,1,3H2,(H,5,6);1H,2H2;2H2,1H3;2*1H;/q;;-1;;;;+2/p-1. The van der Waals surface area contributed by atoms with Crippen molar-refractivity contribution in [3.63, 3.8) is 0 Å². The second-order valence-corrected chi connectivity index (χ2v) is 4.44. The van der Waals surface area contributed by atoms with Gasteiger partial charge in [-0.2, -0.15) is 0 Å². The van der Waals surface area contributed by atoms with Crippen LogP contribution in [0.25, 0.3) is 0 Å². The molecule has 0 saturated heterocycles. The van der Waals surface area contributed by atoms with E-state index in [1.165, 1.54) is 13.2 Å². The van der Waals surface area contributed by atoms with Crippen LogP contribution in [0, 0.1) is 6.58 Å². The number of halogens is 2. The van der Waals surface area contributed by atoms with Gasteiger partial charge in [0, 0.05) is 12.8 Å². The molecule has 1 aromatic carbocycles. The van der Waals surface area contributed by atoms with E-state index in [9.17, 15) is 9.59 Å². The van der Waals surface area contributed by atoms with Gasteiger partial charge in [0.1, 0.15) is 5.78 Å². The number of carbonyl (C=O) groups is 2. The molecule has 0 aliphatic carbocycles. The first kappa shape index (κ1) is 42.2. The molecule has 1 aromatic rings. The van der Waals surface area contributed by atoms with Gasteiger partial charge < -0.3 is 38.2 Å². The molecule has 0 spiro atoms. The van der Waals surface area contributed by atoms with E-state index in [1.807, 2.05) is 30.3 Å². The zero-order valence-corrected chi connectivity index (χ0v) is 20.7. The number of allylic oxidation sites excluding steroid dienone is 1. The van der Waals surface area contributed by atoms with Gasteiger partial charge in [0.25, 0.3) is 0 Å². The van der Waals surface area contributed by atoms with Gasteiger partial charge in [0.05, 0.1) is 26.7 Å². The maximum Gasteiger partial charge on any atom is 2.00 e. The van der Waals surface area contributed by atoms with Gasteiger partial charge in [-0.3, -0.25) is 16.2 Å². The fourth-order valence-corrected chi connectivity index (χ4v) is 1.34. The number of rotatable bonds is 9. The Morgan fingerprint density at radius 2 is 1.59 bits per heavy atom. The molecule has 0 unspecified atom stereocenters. The van der Waals surface area contributed by atoms with Gasteiger partial charge >= 0.3 is 29.0 Å². The predicted molar refractivity (Wildman–Crippen MR) is 117 cm³/mol. The summed E-state index contributed by atoms with van der Waals surface area (Å²) in [6.45, 7) is 14.8. The van der Waals surface area contributed by atoms with E-state index in [4.69, 9.17) is 9.84 Å². The first-order valence-corrected chi connectivity index (χ1v) is 7.72. The smallest absolute Gasteiger partial charge is 1.00 e. The number of hydrogen-bond acceptors (Lipinski definition) is 5. The van der Waals surface area contributed by atoms with Crippen molar-refractivity contribution in [3.05, 3.63) is 74.4 Å². The topological polar surface area (TPSA) is 98.9 Å². The zero-order valence-electron chi connectivity index (χ0n) is 16.9. The van der Waals surface area contributed by atoms with Gasteiger partial charge in [0.15, 0.2) is 0 Å². The molecule has 6 nitrogen and oxygen atoms in total. The fraction of sp³-hybridized carbons (Fsp3) is 0.300. The quantitative estimate of drug-likeness (QED) is 0.167. The SMILES string of the molecule is C=CCC(=O)CCOCc1ccccc1.C=CCC(=O)O.CON.Cl.[Br-].[CH-]=C.[Mg+2]. The Morgan fingerprint density at radius 3 is 1.93 bits per heavy atom. The molecule has 0 aromatic heterocycles. The van der Waals surface area contributed by atoms with Crippen molar-refractivity contribution in [2.75, 3.05) is 13.7 Å². The molecule has 0 aliphatic rings. The number of ketones is 1. The Kier molecular flexibility index (Phi) is 54.8. The Hall–Kier alpha value is -1.00. The molecule has 3 N–H and O–H groups in total. The minimum absolute atomic E-state index is 0. The number of carboxylic acid groups (broad SMARTS) is 1. The van der Waals surface area contributed by atoms with E-state index >= 15 is 0 Å². The largest absolute Gasteiger partial charge is 2.00 e. The Morgan fingerprint density at radius 1 is 1.14 bits per heavy atom. The Labute approximate surface area is 207 Å². The number of aliphatic carboxylic acids is 1. The van der Waals surface area contributed by atoms with Crippen LogP contribution in [0.3, 0.4) is 0 Å². The van der Waals surface area contributed by atoms with Gasteiger partial charge in [-0.25, -0.2) is 5.90 Å². The van der Waals surface area contributed by atoms with Crippen molar-refractivity contribution in [2.45, 2.75) is 25.9 Å². The van der Waals surface area contributed by atoms with Crippen molar-refractivity contribution in [2.24, 2.45) is 5.90 Å². The number of ether oxygens (including phenoxy) is 1. The summed E-state index contributed by atoms with van der Waals surface area (Å²) >= 11 is 0. The van der Waals surface area contributed by atoms with Crippen molar-refractivity contribution < 1.29 is 41.3 Å². The second-order valence-electron chi connectivity index (χ2n) is 4.44. The van der Waals surface area contributed by atoms with Gasteiger partial charge in [-0.05, 0) is 5.56 Å². The maximum atomic E-state index is 11.1. The normalized spacial score (nSPS) is 7.38. The summed E-state index contributed by atoms with van der Waals surface area (Å²) in [6, 6.07) is 9.93. The van der Waals surface area contributed by atoms with Crippen LogP contribution in [0.2, 0.25) is 0 Å². The third-order valence-electron chi connectivity index (χ3n) is 2.33. The van der Waals surface area contributed by atoms with Crippen LogP contribution in [0.5, 0.6) is 0 Å². The molecule has 0 bridgehead atoms. The van der Waals surface area contributed by atoms with E-state index in [0.717, 1.165) is 5.56 Å². The van der Waals surface area contributed by atoms with Gasteiger partial charge in [0.2, 0.25) is 0 Å². The molecule has 162 valence electrons. The average Bonchev–Trinajstić information content (AvgIpc) is 2.63. The second kappa shape index (κ2) is 37.7. The summed E-state index contributed by atoms with van der Waals surface area (Å²) in [6.07, 6.45) is 3.94. The van der Waals surface area contributed by atoms with Crippen molar-refractivity contribution >= 4 is 47.2 Å². The molecule has 0 amide bonds. The van der Waals surface area contributed by atoms with E-state index in [1.54, 1.807) is 6.08 Å². The van der Waals surface area contributed by atoms with Crippen LogP contribution in [0.1, 0.15) is 24.8 Å². The summed E-state index contributed by atoms with van der Waals surface area (Å²) in [5.74, 6) is 3.70. The van der Waals surface area contributed by atoms with E-state index in [-0.39, 0.29) is 64.6 Å². The number of carbonyl (C=O) groups excluding carboxylic acids is 1. The molecular formula is C20H31BrClMgNO5. The van der Waals surface area contributed by atoms with Crippen LogP contribution in [0.15, 0.2) is 62.2 Å². The predicted octanol–water partition coefficient (Wildman–Crippen LogP) is 0.542. The van der Waals surface area contributed by atoms with Crippen LogP contribution < -0.4 is 22.9 Å². The average molecular weight is 505 g/mol. The fourth-order valence-electron chi connectivity index (χ4n) is 1.34. The summed E-state index contributed by atoms with van der Waals surface area (Å²) in [5.41, 5.74) is 1.13. The maximum absolute atomic E-state index is 11.1. The van der Waals surface area contributed by atoms with Crippen LogP contribution >= 0.6 is 12.4 Å². The number of hydrogen-bond donors (Lipinski definition) is 2. The molecule has 9 heteroatoms. The van der Waals surface area contributed by atoms with Gasteiger partial charge in [-0.1, -0.05) is 42.5 Å². The molecule has 0 fully saturated rings. The van der Waals surface area contributed by atoms with E-state index in [0.29, 0.717) is 26.1 Å². The Balaban J connectivity index is -0.0000000807. The third-order valence-corrected chi connectivity index (χ3v) is 2.33. The molecular weight excluding hydrogens is 474 g/mol. The molecule has 0 heterocycles. The summed E-state index contributed by atoms with van der Waals surface area (Å²) in [5, 5.41) is 7.84. The number of Topliss-reactive ketones (excluding diaryl/α,β-unsaturated/α-hetero) is 1. The summed E-state index contributed by atoms with van der Waals surface area (Å²) < 4.78 is 5.38. The molecule has 0 aliphatic heterocycles. The molecule has 1 rings (SSSR count). The third kappa shape index (κ3) is 42.2. The summed E-state index contributed by atoms with van der Waals surface area (Å²) in [7, 11) is 1.40. The first-order valence-electron chi connectivity index (χ1n) is 7.72. The van der Waals surface area contributed by atoms with Gasteiger partial charge in [-0.15, -0.1) is 25.6 Å². The van der Waals surface area contributed by atoms with Crippen molar-refractivity contribution in [3.8, 4) is 0 Å². The molecule has 29 heavy (non-hydrogen) atoms. The number of carboxylic acids is 1. The monoisotopic (exact) mass is 503 g/mol. The first-order chi connectivity index (χ1) is 12.5. The number of nitrogens with two attached hydrogens (primary N) is 1. The van der Waals surface area contributed by atoms with Crippen molar-refractivity contribution in [1.82, 2.24) is 0 Å². The zero-order chi connectivity index (χ0) is 20.6. The molecule has 0 atom stereocenters. The van der Waals surface area contributed by atoms with E-state index in [2.05, 4.69) is 37.1 Å². The molecule has 0 radical (unpaired) electrons. The number of benzene rings is 1. The minimum Gasteiger partial charge on any atom is -1.00 e.